The van der Waals surface area contributed by atoms with Crippen molar-refractivity contribution in [3.63, 3.8) is 0 Å². The third-order valence-corrected chi connectivity index (χ3v) is 6.11. The fraction of sp³-hybridized carbons (Fsp3) is 0.412. The molecule has 1 aromatic heterocycles. The minimum Gasteiger partial charge on any atom is -0.473 e. The number of piperidine rings is 1. The molecule has 0 amide bonds. The van der Waals surface area contributed by atoms with E-state index in [9.17, 15) is 8.42 Å². The lowest BCUT2D eigenvalue weighted by Gasteiger charge is -2.31. The van der Waals surface area contributed by atoms with Crippen LogP contribution in [0.15, 0.2) is 47.8 Å². The molecule has 0 saturated carbocycles. The van der Waals surface area contributed by atoms with Gasteiger partial charge in [-0.15, -0.1) is 0 Å². The van der Waals surface area contributed by atoms with E-state index in [-0.39, 0.29) is 6.10 Å². The van der Waals surface area contributed by atoms with Crippen LogP contribution in [0.3, 0.4) is 0 Å². The highest BCUT2D eigenvalue weighted by molar-refractivity contribution is 7.89. The summed E-state index contributed by atoms with van der Waals surface area (Å²) in [5, 5.41) is 0. The molecule has 1 aliphatic rings. The summed E-state index contributed by atoms with van der Waals surface area (Å²) >= 11 is 0. The SMILES string of the molecule is CCc1ccc(S(=O)(=O)N2CCC(Oc3cnccn3)CC2)cc1. The van der Waals surface area contributed by atoms with Crippen molar-refractivity contribution >= 4 is 10.0 Å². The van der Waals surface area contributed by atoms with Gasteiger partial charge in [0.05, 0.1) is 11.1 Å². The molecule has 2 aromatic rings. The summed E-state index contributed by atoms with van der Waals surface area (Å²) in [6, 6.07) is 7.13. The first kappa shape index (κ1) is 16.9. The Kier molecular flexibility index (Phi) is 5.11. The molecule has 0 spiro atoms. The lowest BCUT2D eigenvalue weighted by molar-refractivity contribution is 0.129. The van der Waals surface area contributed by atoms with E-state index in [1.165, 1.54) is 4.31 Å². The molecule has 2 heterocycles. The highest BCUT2D eigenvalue weighted by Gasteiger charge is 2.30. The number of ether oxygens (including phenoxy) is 1. The van der Waals surface area contributed by atoms with Gasteiger partial charge in [0.25, 0.3) is 0 Å². The van der Waals surface area contributed by atoms with Crippen LogP contribution < -0.4 is 4.74 Å². The Labute approximate surface area is 142 Å². The molecular formula is C17H21N3O3S. The van der Waals surface area contributed by atoms with Crippen LogP contribution in [0.5, 0.6) is 5.88 Å². The number of sulfonamides is 1. The van der Waals surface area contributed by atoms with E-state index >= 15 is 0 Å². The average molecular weight is 347 g/mol. The highest BCUT2D eigenvalue weighted by Crippen LogP contribution is 2.23. The summed E-state index contributed by atoms with van der Waals surface area (Å²) in [5.41, 5.74) is 1.13. The van der Waals surface area contributed by atoms with Gasteiger partial charge in [0.2, 0.25) is 15.9 Å². The van der Waals surface area contributed by atoms with Crippen molar-refractivity contribution in [2.24, 2.45) is 0 Å². The molecule has 0 atom stereocenters. The maximum Gasteiger partial charge on any atom is 0.243 e. The molecule has 3 rings (SSSR count). The van der Waals surface area contributed by atoms with E-state index in [1.807, 2.05) is 19.1 Å². The van der Waals surface area contributed by atoms with Crippen LogP contribution in [0.1, 0.15) is 25.3 Å². The van der Waals surface area contributed by atoms with Crippen LogP contribution >= 0.6 is 0 Å². The fourth-order valence-corrected chi connectivity index (χ4v) is 4.22. The Morgan fingerprint density at radius 1 is 1.17 bits per heavy atom. The largest absolute Gasteiger partial charge is 0.473 e. The molecule has 0 unspecified atom stereocenters. The molecule has 6 nitrogen and oxygen atoms in total. The van der Waals surface area contributed by atoms with Crippen LogP contribution in [-0.2, 0) is 16.4 Å². The van der Waals surface area contributed by atoms with Crippen molar-refractivity contribution in [2.45, 2.75) is 37.2 Å². The van der Waals surface area contributed by atoms with E-state index in [1.54, 1.807) is 30.7 Å². The van der Waals surface area contributed by atoms with Crippen LogP contribution in [0.25, 0.3) is 0 Å². The molecule has 0 radical (unpaired) electrons. The average Bonchev–Trinajstić information content (AvgIpc) is 2.63. The van der Waals surface area contributed by atoms with E-state index in [4.69, 9.17) is 4.74 Å². The highest BCUT2D eigenvalue weighted by atomic mass is 32.2. The molecule has 7 heteroatoms. The summed E-state index contributed by atoms with van der Waals surface area (Å²) in [5.74, 6) is 0.481. The maximum absolute atomic E-state index is 12.7. The van der Waals surface area contributed by atoms with Gasteiger partial charge in [-0.1, -0.05) is 19.1 Å². The van der Waals surface area contributed by atoms with Gasteiger partial charge in [-0.05, 0) is 37.0 Å². The first-order valence-electron chi connectivity index (χ1n) is 8.11. The number of nitrogens with zero attached hydrogens (tertiary/aromatic N) is 3. The molecule has 0 aliphatic carbocycles. The zero-order valence-electron chi connectivity index (χ0n) is 13.6. The first-order chi connectivity index (χ1) is 11.6. The van der Waals surface area contributed by atoms with E-state index < -0.39 is 10.0 Å². The van der Waals surface area contributed by atoms with Crippen molar-refractivity contribution in [1.29, 1.82) is 0 Å². The molecule has 1 aromatic carbocycles. The monoisotopic (exact) mass is 347 g/mol. The molecule has 1 saturated heterocycles. The molecule has 128 valence electrons. The Bertz CT molecular complexity index is 755. The van der Waals surface area contributed by atoms with Crippen LogP contribution in [-0.4, -0.2) is 41.9 Å². The maximum atomic E-state index is 12.7. The summed E-state index contributed by atoms with van der Waals surface area (Å²) < 4.78 is 32.7. The van der Waals surface area contributed by atoms with Crippen LogP contribution in [0.2, 0.25) is 0 Å². The quantitative estimate of drug-likeness (QED) is 0.830. The van der Waals surface area contributed by atoms with Gasteiger partial charge in [-0.25, -0.2) is 13.4 Å². The van der Waals surface area contributed by atoms with E-state index in [2.05, 4.69) is 9.97 Å². The second kappa shape index (κ2) is 7.27. The Morgan fingerprint density at radius 2 is 1.88 bits per heavy atom. The third-order valence-electron chi connectivity index (χ3n) is 4.20. The summed E-state index contributed by atoms with van der Waals surface area (Å²) in [6.07, 6.45) is 6.88. The van der Waals surface area contributed by atoms with Crippen LogP contribution in [0, 0.1) is 0 Å². The van der Waals surface area contributed by atoms with Crippen molar-refractivity contribution in [3.05, 3.63) is 48.4 Å². The molecular weight excluding hydrogens is 326 g/mol. The van der Waals surface area contributed by atoms with Gasteiger partial charge in [-0.2, -0.15) is 4.31 Å². The predicted molar refractivity (Wildman–Crippen MR) is 90.3 cm³/mol. The standard InChI is InChI=1S/C17H21N3O3S/c1-2-14-3-5-16(6-4-14)24(21,22)20-11-7-15(8-12-20)23-17-13-18-9-10-19-17/h3-6,9-10,13,15H,2,7-8,11-12H2,1H3. The number of rotatable bonds is 5. The molecule has 0 N–H and O–H groups in total. The minimum atomic E-state index is -3.43. The Hall–Kier alpha value is -1.99. The number of aryl methyl sites for hydroxylation is 1. The van der Waals surface area contributed by atoms with Gasteiger partial charge in [0, 0.05) is 25.5 Å². The number of hydrogen-bond acceptors (Lipinski definition) is 5. The first-order valence-corrected chi connectivity index (χ1v) is 9.55. The van der Waals surface area contributed by atoms with Crippen molar-refractivity contribution in [2.75, 3.05) is 13.1 Å². The van der Waals surface area contributed by atoms with E-state index in [0.717, 1.165) is 12.0 Å². The van der Waals surface area contributed by atoms with Crippen molar-refractivity contribution < 1.29 is 13.2 Å². The second-order valence-electron chi connectivity index (χ2n) is 5.76. The smallest absolute Gasteiger partial charge is 0.243 e. The number of aromatic nitrogens is 2. The zero-order chi connectivity index (χ0) is 17.0. The Balaban J connectivity index is 1.62. The van der Waals surface area contributed by atoms with Crippen LogP contribution in [0.4, 0.5) is 0 Å². The summed E-state index contributed by atoms with van der Waals surface area (Å²) in [4.78, 5) is 8.41. The topological polar surface area (TPSA) is 72.4 Å². The molecule has 0 bridgehead atoms. The lowest BCUT2D eigenvalue weighted by atomic mass is 10.1. The number of benzene rings is 1. The van der Waals surface area contributed by atoms with Gasteiger partial charge < -0.3 is 4.74 Å². The van der Waals surface area contributed by atoms with Gasteiger partial charge in [0.1, 0.15) is 6.10 Å². The normalized spacial score (nSPS) is 16.9. The Morgan fingerprint density at radius 3 is 2.46 bits per heavy atom. The fourth-order valence-electron chi connectivity index (χ4n) is 2.75. The van der Waals surface area contributed by atoms with Crippen molar-refractivity contribution in [3.8, 4) is 5.88 Å². The van der Waals surface area contributed by atoms with Gasteiger partial charge in [0.15, 0.2) is 0 Å². The van der Waals surface area contributed by atoms with E-state index in [0.29, 0.717) is 36.7 Å². The lowest BCUT2D eigenvalue weighted by Crippen LogP contribution is -2.41. The van der Waals surface area contributed by atoms with Gasteiger partial charge in [-0.3, -0.25) is 4.98 Å². The summed E-state index contributed by atoms with van der Waals surface area (Å²) in [6.45, 7) is 2.94. The molecule has 24 heavy (non-hydrogen) atoms. The summed E-state index contributed by atoms with van der Waals surface area (Å²) in [7, 11) is -3.43. The zero-order valence-corrected chi connectivity index (χ0v) is 14.4. The molecule has 1 fully saturated rings. The molecule has 1 aliphatic heterocycles. The number of hydrogen-bond donors (Lipinski definition) is 0. The third kappa shape index (κ3) is 3.73. The van der Waals surface area contributed by atoms with Crippen molar-refractivity contribution in [1.82, 2.24) is 14.3 Å². The second-order valence-corrected chi connectivity index (χ2v) is 7.70. The minimum absolute atomic E-state index is 0.0318. The van der Waals surface area contributed by atoms with Gasteiger partial charge >= 0.3 is 0 Å². The predicted octanol–water partition coefficient (Wildman–Crippen LogP) is 2.27.